The number of hydrogen-bond donors (Lipinski definition) is 0. The van der Waals surface area contributed by atoms with E-state index in [1.165, 1.54) is 0 Å². The summed E-state index contributed by atoms with van der Waals surface area (Å²) < 4.78 is 25.7. The van der Waals surface area contributed by atoms with Crippen molar-refractivity contribution in [3.8, 4) is 12.3 Å². The molecule has 0 aliphatic rings. The van der Waals surface area contributed by atoms with E-state index in [4.69, 9.17) is 6.42 Å². The monoisotopic (exact) mass is 176 g/mol. The van der Waals surface area contributed by atoms with E-state index < -0.39 is 16.2 Å². The number of hydrogen-bond acceptors (Lipinski definition) is 3. The molecule has 1 atom stereocenters. The Labute approximate surface area is 67.9 Å². The molecule has 1 unspecified atom stereocenters. The van der Waals surface area contributed by atoms with Crippen molar-refractivity contribution in [3.63, 3.8) is 0 Å². The Morgan fingerprint density at radius 2 is 2.18 bits per heavy atom. The van der Waals surface area contributed by atoms with Gasteiger partial charge in [0.05, 0.1) is 6.26 Å². The zero-order chi connectivity index (χ0) is 8.91. The molecule has 4 heteroatoms. The quantitative estimate of drug-likeness (QED) is 0.469. The maximum atomic E-state index is 10.6. The van der Waals surface area contributed by atoms with E-state index in [9.17, 15) is 8.42 Å². The predicted molar refractivity (Wildman–Crippen MR) is 43.5 cm³/mol. The number of terminal acetylenes is 1. The van der Waals surface area contributed by atoms with Crippen LogP contribution in [-0.4, -0.2) is 20.8 Å². The molecule has 0 aromatic heterocycles. The SMILES string of the molecule is C#CC(CCC)OS(C)(=O)=O. The Morgan fingerprint density at radius 1 is 1.64 bits per heavy atom. The summed E-state index contributed by atoms with van der Waals surface area (Å²) in [6.07, 6.45) is 6.80. The van der Waals surface area contributed by atoms with Crippen LogP contribution in [0.2, 0.25) is 0 Å². The van der Waals surface area contributed by atoms with Gasteiger partial charge in [0.25, 0.3) is 10.1 Å². The van der Waals surface area contributed by atoms with Gasteiger partial charge in [0.2, 0.25) is 0 Å². The van der Waals surface area contributed by atoms with Gasteiger partial charge in [-0.05, 0) is 6.42 Å². The van der Waals surface area contributed by atoms with Crippen LogP contribution in [-0.2, 0) is 14.3 Å². The van der Waals surface area contributed by atoms with E-state index in [2.05, 4.69) is 10.1 Å². The van der Waals surface area contributed by atoms with Gasteiger partial charge in [-0.2, -0.15) is 8.42 Å². The maximum absolute atomic E-state index is 10.6. The minimum absolute atomic E-state index is 0.573. The van der Waals surface area contributed by atoms with Gasteiger partial charge in [0.15, 0.2) is 0 Å². The Bertz CT molecular complexity index is 235. The molecule has 0 fully saturated rings. The van der Waals surface area contributed by atoms with Crippen LogP contribution in [0.3, 0.4) is 0 Å². The van der Waals surface area contributed by atoms with Gasteiger partial charge in [-0.25, -0.2) is 0 Å². The van der Waals surface area contributed by atoms with E-state index >= 15 is 0 Å². The van der Waals surface area contributed by atoms with Gasteiger partial charge >= 0.3 is 0 Å². The largest absolute Gasteiger partial charge is 0.265 e. The van der Waals surface area contributed by atoms with E-state index in [-0.39, 0.29) is 0 Å². The van der Waals surface area contributed by atoms with Crippen LogP contribution >= 0.6 is 0 Å². The van der Waals surface area contributed by atoms with Gasteiger partial charge in [-0.15, -0.1) is 6.42 Å². The fraction of sp³-hybridized carbons (Fsp3) is 0.714. The van der Waals surface area contributed by atoms with Crippen LogP contribution < -0.4 is 0 Å². The molecular formula is C7H12O3S. The van der Waals surface area contributed by atoms with E-state index in [1.54, 1.807) is 0 Å². The Morgan fingerprint density at radius 3 is 2.45 bits per heavy atom. The summed E-state index contributed by atoms with van der Waals surface area (Å²) in [7, 11) is -3.40. The lowest BCUT2D eigenvalue weighted by molar-refractivity contribution is 0.255. The molecular weight excluding hydrogens is 164 g/mol. The van der Waals surface area contributed by atoms with E-state index in [0.717, 1.165) is 12.7 Å². The van der Waals surface area contributed by atoms with Crippen molar-refractivity contribution < 1.29 is 12.6 Å². The van der Waals surface area contributed by atoms with Crippen LogP contribution in [0.5, 0.6) is 0 Å². The molecule has 0 saturated heterocycles. The lowest BCUT2D eigenvalue weighted by Crippen LogP contribution is -2.15. The minimum Gasteiger partial charge on any atom is -0.254 e. The summed E-state index contributed by atoms with van der Waals surface area (Å²) >= 11 is 0. The lowest BCUT2D eigenvalue weighted by atomic mass is 10.2. The topological polar surface area (TPSA) is 43.4 Å². The molecule has 3 nitrogen and oxygen atoms in total. The molecule has 0 N–H and O–H groups in total. The summed E-state index contributed by atoms with van der Waals surface area (Å²) in [5.41, 5.74) is 0. The molecule has 0 rings (SSSR count). The highest BCUT2D eigenvalue weighted by Gasteiger charge is 2.10. The summed E-state index contributed by atoms with van der Waals surface area (Å²) in [6, 6.07) is 0. The Kier molecular flexibility index (Phi) is 4.16. The van der Waals surface area contributed by atoms with Crippen molar-refractivity contribution in [2.75, 3.05) is 6.26 Å². The average molecular weight is 176 g/mol. The molecule has 11 heavy (non-hydrogen) atoms. The second-order valence-electron chi connectivity index (χ2n) is 2.24. The van der Waals surface area contributed by atoms with Crippen LogP contribution in [0, 0.1) is 12.3 Å². The molecule has 64 valence electrons. The Hall–Kier alpha value is -0.530. The van der Waals surface area contributed by atoms with Gasteiger partial charge < -0.3 is 0 Å². The first-order valence-corrected chi connectivity index (χ1v) is 5.15. The van der Waals surface area contributed by atoms with Crippen LogP contribution in [0.4, 0.5) is 0 Å². The first-order chi connectivity index (χ1) is 4.99. The molecule has 0 aliphatic heterocycles. The molecule has 0 amide bonds. The van der Waals surface area contributed by atoms with Crippen molar-refractivity contribution in [3.05, 3.63) is 0 Å². The molecule has 0 aliphatic carbocycles. The molecule has 0 heterocycles. The first kappa shape index (κ1) is 10.5. The van der Waals surface area contributed by atoms with E-state index in [0.29, 0.717) is 6.42 Å². The molecule has 0 aromatic rings. The third-order valence-corrected chi connectivity index (χ3v) is 1.61. The zero-order valence-corrected chi connectivity index (χ0v) is 7.52. The highest BCUT2D eigenvalue weighted by atomic mass is 32.2. The Balaban J connectivity index is 4.02. The summed E-state index contributed by atoms with van der Waals surface area (Å²) in [5.74, 6) is 2.26. The summed E-state index contributed by atoms with van der Waals surface area (Å²) in [5, 5.41) is 0. The van der Waals surface area contributed by atoms with Crippen LogP contribution in [0.25, 0.3) is 0 Å². The van der Waals surface area contributed by atoms with E-state index in [1.807, 2.05) is 6.92 Å². The fourth-order valence-electron chi connectivity index (χ4n) is 0.632. The average Bonchev–Trinajstić information content (AvgIpc) is 1.84. The van der Waals surface area contributed by atoms with Crippen molar-refractivity contribution in [1.29, 1.82) is 0 Å². The van der Waals surface area contributed by atoms with Crippen LogP contribution in [0.15, 0.2) is 0 Å². The standard InChI is InChI=1S/C7H12O3S/c1-4-6-7(5-2)10-11(3,8)9/h2,7H,4,6H2,1,3H3. The van der Waals surface area contributed by atoms with Crippen molar-refractivity contribution in [2.45, 2.75) is 25.9 Å². The van der Waals surface area contributed by atoms with Gasteiger partial charge in [-0.1, -0.05) is 19.3 Å². The summed E-state index contributed by atoms with van der Waals surface area (Å²) in [6.45, 7) is 1.91. The first-order valence-electron chi connectivity index (χ1n) is 3.34. The van der Waals surface area contributed by atoms with Gasteiger partial charge in [0, 0.05) is 0 Å². The summed E-state index contributed by atoms with van der Waals surface area (Å²) in [4.78, 5) is 0. The molecule has 0 aromatic carbocycles. The molecule has 0 saturated carbocycles. The zero-order valence-electron chi connectivity index (χ0n) is 6.70. The smallest absolute Gasteiger partial charge is 0.254 e. The second kappa shape index (κ2) is 4.37. The number of rotatable bonds is 4. The van der Waals surface area contributed by atoms with Gasteiger partial charge in [0.1, 0.15) is 6.10 Å². The van der Waals surface area contributed by atoms with Gasteiger partial charge in [-0.3, -0.25) is 4.18 Å². The highest BCUT2D eigenvalue weighted by molar-refractivity contribution is 7.86. The maximum Gasteiger partial charge on any atom is 0.265 e. The third kappa shape index (κ3) is 5.89. The van der Waals surface area contributed by atoms with Crippen molar-refractivity contribution in [1.82, 2.24) is 0 Å². The van der Waals surface area contributed by atoms with Crippen molar-refractivity contribution in [2.24, 2.45) is 0 Å². The minimum atomic E-state index is -3.40. The van der Waals surface area contributed by atoms with Crippen LogP contribution in [0.1, 0.15) is 19.8 Å². The third-order valence-electron chi connectivity index (χ3n) is 1.03. The fourth-order valence-corrected chi connectivity index (χ4v) is 1.21. The second-order valence-corrected chi connectivity index (χ2v) is 3.85. The van der Waals surface area contributed by atoms with Crippen molar-refractivity contribution >= 4 is 10.1 Å². The lowest BCUT2D eigenvalue weighted by Gasteiger charge is -2.07. The molecule has 0 spiro atoms. The predicted octanol–water partition coefficient (Wildman–Crippen LogP) is 0.765. The normalized spacial score (nSPS) is 13.9. The highest BCUT2D eigenvalue weighted by Crippen LogP contribution is 2.03. The molecule has 0 radical (unpaired) electrons. The molecule has 0 bridgehead atoms.